The molecule has 0 bridgehead atoms. The van der Waals surface area contributed by atoms with Crippen LogP contribution < -0.4 is 11.1 Å². The summed E-state index contributed by atoms with van der Waals surface area (Å²) in [4.78, 5) is 25.0. The summed E-state index contributed by atoms with van der Waals surface area (Å²) in [6, 6.07) is 3.27. The SMILES string of the molecule is CCC(CC)(CNC(=O)C(N)C1CCN(C=O)CC1)c1ccc(F)c(F)c1. The highest BCUT2D eigenvalue weighted by molar-refractivity contribution is 5.82. The monoisotopic (exact) mass is 381 g/mol. The van der Waals surface area contributed by atoms with Crippen molar-refractivity contribution in [2.75, 3.05) is 19.6 Å². The number of amides is 2. The molecule has 0 spiro atoms. The minimum Gasteiger partial charge on any atom is -0.354 e. The number of rotatable bonds is 8. The maximum atomic E-state index is 13.7. The van der Waals surface area contributed by atoms with Crippen LogP contribution in [0.1, 0.15) is 45.1 Å². The first kappa shape index (κ1) is 21.3. The number of carbonyl (C=O) groups excluding carboxylic acids is 2. The van der Waals surface area contributed by atoms with Crippen molar-refractivity contribution in [1.82, 2.24) is 10.2 Å². The van der Waals surface area contributed by atoms with E-state index in [-0.39, 0.29) is 11.8 Å². The molecule has 1 aliphatic rings. The van der Waals surface area contributed by atoms with Gasteiger partial charge in [0.15, 0.2) is 11.6 Å². The second-order valence-electron chi connectivity index (χ2n) is 7.34. The van der Waals surface area contributed by atoms with Crippen LogP contribution in [0.5, 0.6) is 0 Å². The largest absolute Gasteiger partial charge is 0.354 e. The Kier molecular flexibility index (Phi) is 7.30. The fraction of sp³-hybridized carbons (Fsp3) is 0.600. The van der Waals surface area contributed by atoms with E-state index in [1.807, 2.05) is 13.8 Å². The predicted octanol–water partition coefficient (Wildman–Crippen LogP) is 2.33. The lowest BCUT2D eigenvalue weighted by molar-refractivity contribution is -0.124. The number of nitrogens with zero attached hydrogens (tertiary/aromatic N) is 1. The summed E-state index contributed by atoms with van der Waals surface area (Å²) < 4.78 is 27.0. The Morgan fingerprint density at radius 2 is 1.93 bits per heavy atom. The van der Waals surface area contributed by atoms with Crippen LogP contribution in [-0.2, 0) is 15.0 Å². The van der Waals surface area contributed by atoms with Gasteiger partial charge in [0, 0.05) is 25.0 Å². The minimum absolute atomic E-state index is 0.0297. The molecule has 0 saturated carbocycles. The first-order valence-electron chi connectivity index (χ1n) is 9.55. The lowest BCUT2D eigenvalue weighted by Crippen LogP contribution is -2.51. The minimum atomic E-state index is -0.885. The van der Waals surface area contributed by atoms with E-state index in [0.29, 0.717) is 50.9 Å². The highest BCUT2D eigenvalue weighted by Crippen LogP contribution is 2.32. The van der Waals surface area contributed by atoms with Gasteiger partial charge in [0.05, 0.1) is 6.04 Å². The highest BCUT2D eigenvalue weighted by atomic mass is 19.2. The summed E-state index contributed by atoms with van der Waals surface area (Å²) in [7, 11) is 0. The summed E-state index contributed by atoms with van der Waals surface area (Å²) in [6.07, 6.45) is 3.55. The summed E-state index contributed by atoms with van der Waals surface area (Å²) in [5.74, 6) is -1.98. The molecule has 1 aliphatic heterocycles. The van der Waals surface area contributed by atoms with Crippen molar-refractivity contribution in [3.05, 3.63) is 35.4 Å². The maximum Gasteiger partial charge on any atom is 0.237 e. The van der Waals surface area contributed by atoms with Crippen molar-refractivity contribution in [2.45, 2.75) is 51.0 Å². The number of carbonyl (C=O) groups is 2. The summed E-state index contributed by atoms with van der Waals surface area (Å²) in [5, 5.41) is 2.92. The lowest BCUT2D eigenvalue weighted by atomic mass is 9.75. The molecule has 1 saturated heterocycles. The summed E-state index contributed by atoms with van der Waals surface area (Å²) >= 11 is 0. The number of nitrogens with one attached hydrogen (secondary N) is 1. The Morgan fingerprint density at radius 3 is 2.44 bits per heavy atom. The van der Waals surface area contributed by atoms with Crippen LogP contribution >= 0.6 is 0 Å². The normalized spacial score (nSPS) is 16.9. The second kappa shape index (κ2) is 9.26. The molecule has 1 fully saturated rings. The average molecular weight is 381 g/mol. The van der Waals surface area contributed by atoms with Gasteiger partial charge in [-0.15, -0.1) is 0 Å². The zero-order chi connectivity index (χ0) is 20.0. The van der Waals surface area contributed by atoms with Gasteiger partial charge in [-0.05, 0) is 49.3 Å². The van der Waals surface area contributed by atoms with Crippen LogP contribution in [0.3, 0.4) is 0 Å². The van der Waals surface area contributed by atoms with E-state index in [1.165, 1.54) is 6.07 Å². The zero-order valence-electron chi connectivity index (χ0n) is 16.0. The van der Waals surface area contributed by atoms with Gasteiger partial charge in [-0.1, -0.05) is 19.9 Å². The third-order valence-corrected chi connectivity index (χ3v) is 6.02. The Hall–Kier alpha value is -2.02. The van der Waals surface area contributed by atoms with Crippen molar-refractivity contribution in [1.29, 1.82) is 0 Å². The third kappa shape index (κ3) is 4.83. The number of piperidine rings is 1. The number of benzene rings is 1. The van der Waals surface area contributed by atoms with E-state index in [9.17, 15) is 18.4 Å². The molecule has 1 aromatic rings. The summed E-state index contributed by atoms with van der Waals surface area (Å²) in [5.41, 5.74) is 6.33. The fourth-order valence-corrected chi connectivity index (χ4v) is 3.81. The molecule has 2 rings (SSSR count). The van der Waals surface area contributed by atoms with Crippen molar-refractivity contribution >= 4 is 12.3 Å². The number of halogens is 2. The topological polar surface area (TPSA) is 75.4 Å². The smallest absolute Gasteiger partial charge is 0.237 e. The molecular weight excluding hydrogens is 352 g/mol. The molecule has 1 heterocycles. The Morgan fingerprint density at radius 1 is 1.30 bits per heavy atom. The van der Waals surface area contributed by atoms with Crippen LogP contribution in [0, 0.1) is 17.6 Å². The standard InChI is InChI=1S/C20H29F2N3O2/c1-3-20(4-2,15-5-6-16(21)17(22)11-15)12-24-19(27)18(23)14-7-9-25(13-26)10-8-14/h5-6,11,13-14,18H,3-4,7-10,12,23H2,1-2H3,(H,24,27). The van der Waals surface area contributed by atoms with E-state index in [2.05, 4.69) is 5.32 Å². The Balaban J connectivity index is 2.03. The van der Waals surface area contributed by atoms with Crippen molar-refractivity contribution in [3.8, 4) is 0 Å². The van der Waals surface area contributed by atoms with Crippen LogP contribution in [0.4, 0.5) is 8.78 Å². The Bertz CT molecular complexity index is 657. The molecule has 2 amide bonds. The van der Waals surface area contributed by atoms with E-state index in [1.54, 1.807) is 11.0 Å². The number of likely N-dealkylation sites (tertiary alicyclic amines) is 1. The maximum absolute atomic E-state index is 13.7. The van der Waals surface area contributed by atoms with Gasteiger partial charge in [0.2, 0.25) is 12.3 Å². The number of hydrogen-bond donors (Lipinski definition) is 2. The second-order valence-corrected chi connectivity index (χ2v) is 7.34. The van der Waals surface area contributed by atoms with Crippen LogP contribution in [0.2, 0.25) is 0 Å². The van der Waals surface area contributed by atoms with Gasteiger partial charge >= 0.3 is 0 Å². The lowest BCUT2D eigenvalue weighted by Gasteiger charge is -2.35. The van der Waals surface area contributed by atoms with Crippen LogP contribution in [0.15, 0.2) is 18.2 Å². The molecule has 27 heavy (non-hydrogen) atoms. The predicted molar refractivity (Wildman–Crippen MR) is 100.0 cm³/mol. The van der Waals surface area contributed by atoms with Gasteiger partial charge in [0.25, 0.3) is 0 Å². The first-order valence-corrected chi connectivity index (χ1v) is 9.55. The quantitative estimate of drug-likeness (QED) is 0.679. The van der Waals surface area contributed by atoms with Crippen LogP contribution in [-0.4, -0.2) is 42.9 Å². The molecule has 5 nitrogen and oxygen atoms in total. The Labute approximate surface area is 159 Å². The third-order valence-electron chi connectivity index (χ3n) is 6.02. The average Bonchev–Trinajstić information content (AvgIpc) is 2.70. The molecule has 0 aromatic heterocycles. The van der Waals surface area contributed by atoms with Gasteiger partial charge in [-0.3, -0.25) is 9.59 Å². The molecule has 0 aliphatic carbocycles. The van der Waals surface area contributed by atoms with Gasteiger partial charge in [-0.25, -0.2) is 8.78 Å². The summed E-state index contributed by atoms with van der Waals surface area (Å²) in [6.45, 7) is 5.46. The molecular formula is C20H29F2N3O2. The fourth-order valence-electron chi connectivity index (χ4n) is 3.81. The van der Waals surface area contributed by atoms with Crippen molar-refractivity contribution in [3.63, 3.8) is 0 Å². The van der Waals surface area contributed by atoms with E-state index < -0.39 is 23.1 Å². The van der Waals surface area contributed by atoms with Crippen molar-refractivity contribution < 1.29 is 18.4 Å². The van der Waals surface area contributed by atoms with E-state index in [0.717, 1.165) is 12.5 Å². The molecule has 7 heteroatoms. The number of nitrogens with two attached hydrogens (primary N) is 1. The molecule has 3 N–H and O–H groups in total. The molecule has 150 valence electrons. The van der Waals surface area contributed by atoms with Gasteiger partial charge < -0.3 is 16.0 Å². The molecule has 1 aromatic carbocycles. The number of hydrogen-bond acceptors (Lipinski definition) is 3. The molecule has 1 atom stereocenters. The first-order chi connectivity index (χ1) is 12.9. The molecule has 1 unspecified atom stereocenters. The highest BCUT2D eigenvalue weighted by Gasteiger charge is 2.33. The van der Waals surface area contributed by atoms with Gasteiger partial charge in [-0.2, -0.15) is 0 Å². The van der Waals surface area contributed by atoms with E-state index >= 15 is 0 Å². The van der Waals surface area contributed by atoms with Crippen molar-refractivity contribution in [2.24, 2.45) is 11.7 Å². The molecule has 0 radical (unpaired) electrons. The zero-order valence-corrected chi connectivity index (χ0v) is 16.0. The van der Waals surface area contributed by atoms with E-state index in [4.69, 9.17) is 5.73 Å². The van der Waals surface area contributed by atoms with Gasteiger partial charge in [0.1, 0.15) is 0 Å². The van der Waals surface area contributed by atoms with Crippen LogP contribution in [0.25, 0.3) is 0 Å².